The van der Waals surface area contributed by atoms with Crippen molar-refractivity contribution in [3.8, 4) is 0 Å². The minimum atomic E-state index is -0.574. The average Bonchev–Trinajstić information content (AvgIpc) is 3.19. The van der Waals surface area contributed by atoms with Crippen LogP contribution in [0.25, 0.3) is 0 Å². The molecule has 1 aliphatic heterocycles. The fourth-order valence-corrected chi connectivity index (χ4v) is 3.84. The summed E-state index contributed by atoms with van der Waals surface area (Å²) < 4.78 is 10.2. The van der Waals surface area contributed by atoms with Crippen molar-refractivity contribution >= 4 is 17.8 Å². The van der Waals surface area contributed by atoms with Crippen molar-refractivity contribution in [1.29, 1.82) is 0 Å². The lowest BCUT2D eigenvalue weighted by Crippen LogP contribution is -2.52. The number of carbonyl (C=O) groups is 3. The van der Waals surface area contributed by atoms with Gasteiger partial charge in [0, 0.05) is 12.6 Å². The van der Waals surface area contributed by atoms with Crippen LogP contribution in [0.1, 0.15) is 52.0 Å². The zero-order chi connectivity index (χ0) is 21.9. The van der Waals surface area contributed by atoms with E-state index in [9.17, 15) is 14.4 Å². The molecule has 30 heavy (non-hydrogen) atoms. The van der Waals surface area contributed by atoms with Gasteiger partial charge in [-0.2, -0.15) is 0 Å². The van der Waals surface area contributed by atoms with Crippen LogP contribution in [0.2, 0.25) is 0 Å². The van der Waals surface area contributed by atoms with Gasteiger partial charge in [0.15, 0.2) is 0 Å². The SMILES string of the molecule is CCOC(=O)C[C@@H]1CCCN1C(=O)[C@H](C)N[C@@H](CCc1ccccc1)C(=O)OCC. The molecule has 1 fully saturated rings. The molecule has 1 aromatic rings. The second kappa shape index (κ2) is 12.3. The Labute approximate surface area is 179 Å². The Bertz CT molecular complexity index is 694. The summed E-state index contributed by atoms with van der Waals surface area (Å²) >= 11 is 0. The number of nitrogens with zero attached hydrogens (tertiary/aromatic N) is 1. The van der Waals surface area contributed by atoms with Gasteiger partial charge in [-0.05, 0) is 52.0 Å². The van der Waals surface area contributed by atoms with E-state index in [2.05, 4.69) is 5.32 Å². The van der Waals surface area contributed by atoms with Crippen LogP contribution in [-0.2, 0) is 30.3 Å². The number of amides is 1. The first-order valence-corrected chi connectivity index (χ1v) is 10.9. The Morgan fingerprint density at radius 1 is 1.13 bits per heavy atom. The van der Waals surface area contributed by atoms with Crippen LogP contribution in [0, 0.1) is 0 Å². The maximum absolute atomic E-state index is 13.0. The molecule has 0 spiro atoms. The second-order valence-corrected chi connectivity index (χ2v) is 7.55. The van der Waals surface area contributed by atoms with Gasteiger partial charge in [0.2, 0.25) is 5.91 Å². The van der Waals surface area contributed by atoms with Crippen LogP contribution in [0.3, 0.4) is 0 Å². The first kappa shape index (κ1) is 23.9. The molecule has 1 aromatic carbocycles. The van der Waals surface area contributed by atoms with Crippen molar-refractivity contribution in [2.24, 2.45) is 0 Å². The number of carbonyl (C=O) groups excluding carboxylic acids is 3. The van der Waals surface area contributed by atoms with E-state index in [1.54, 1.807) is 25.7 Å². The van der Waals surface area contributed by atoms with Crippen LogP contribution in [0.4, 0.5) is 0 Å². The molecule has 0 aliphatic carbocycles. The minimum Gasteiger partial charge on any atom is -0.466 e. The molecule has 166 valence electrons. The van der Waals surface area contributed by atoms with Crippen LogP contribution in [-0.4, -0.2) is 60.6 Å². The first-order chi connectivity index (χ1) is 14.5. The molecule has 1 amide bonds. The van der Waals surface area contributed by atoms with Crippen molar-refractivity contribution < 1.29 is 23.9 Å². The highest BCUT2D eigenvalue weighted by molar-refractivity contribution is 5.84. The van der Waals surface area contributed by atoms with Crippen molar-refractivity contribution in [3.05, 3.63) is 35.9 Å². The molecule has 1 saturated heterocycles. The molecule has 1 heterocycles. The number of esters is 2. The summed E-state index contributed by atoms with van der Waals surface area (Å²) in [4.78, 5) is 39.1. The van der Waals surface area contributed by atoms with Crippen molar-refractivity contribution in [3.63, 3.8) is 0 Å². The van der Waals surface area contributed by atoms with Gasteiger partial charge >= 0.3 is 11.9 Å². The molecule has 0 aromatic heterocycles. The molecule has 1 aliphatic rings. The predicted octanol–water partition coefficient (Wildman–Crippen LogP) is 2.47. The highest BCUT2D eigenvalue weighted by Gasteiger charge is 2.34. The summed E-state index contributed by atoms with van der Waals surface area (Å²) in [7, 11) is 0. The quantitative estimate of drug-likeness (QED) is 0.556. The highest BCUT2D eigenvalue weighted by atomic mass is 16.5. The highest BCUT2D eigenvalue weighted by Crippen LogP contribution is 2.22. The number of hydrogen-bond donors (Lipinski definition) is 1. The number of nitrogens with one attached hydrogen (secondary N) is 1. The van der Waals surface area contributed by atoms with Gasteiger partial charge in [-0.1, -0.05) is 30.3 Å². The Balaban J connectivity index is 1.98. The van der Waals surface area contributed by atoms with E-state index in [1.165, 1.54) is 0 Å². The summed E-state index contributed by atoms with van der Waals surface area (Å²) in [6, 6.07) is 8.63. The Kier molecular flexibility index (Phi) is 9.80. The van der Waals surface area contributed by atoms with Gasteiger partial charge in [0.1, 0.15) is 6.04 Å². The number of benzene rings is 1. The van der Waals surface area contributed by atoms with E-state index in [4.69, 9.17) is 9.47 Å². The monoisotopic (exact) mass is 418 g/mol. The summed E-state index contributed by atoms with van der Waals surface area (Å²) in [5.74, 6) is -0.733. The summed E-state index contributed by atoms with van der Waals surface area (Å²) in [5.41, 5.74) is 1.13. The molecule has 0 bridgehead atoms. The third-order valence-electron chi connectivity index (χ3n) is 5.33. The predicted molar refractivity (Wildman–Crippen MR) is 114 cm³/mol. The molecule has 0 radical (unpaired) electrons. The summed E-state index contributed by atoms with van der Waals surface area (Å²) in [6.07, 6.45) is 3.09. The molecule has 7 nitrogen and oxygen atoms in total. The van der Waals surface area contributed by atoms with Gasteiger partial charge in [-0.25, -0.2) is 0 Å². The van der Waals surface area contributed by atoms with E-state index < -0.39 is 12.1 Å². The number of likely N-dealkylation sites (tertiary alicyclic amines) is 1. The summed E-state index contributed by atoms with van der Waals surface area (Å²) in [6.45, 7) is 6.54. The smallest absolute Gasteiger partial charge is 0.323 e. The van der Waals surface area contributed by atoms with Gasteiger partial charge in [0.25, 0.3) is 0 Å². The molecule has 7 heteroatoms. The Hall–Kier alpha value is -2.41. The topological polar surface area (TPSA) is 84.9 Å². The lowest BCUT2D eigenvalue weighted by molar-refractivity contribution is -0.146. The van der Waals surface area contributed by atoms with Crippen molar-refractivity contribution in [1.82, 2.24) is 10.2 Å². The van der Waals surface area contributed by atoms with E-state index in [-0.39, 0.29) is 30.3 Å². The average molecular weight is 419 g/mol. The fraction of sp³-hybridized carbons (Fsp3) is 0.609. The van der Waals surface area contributed by atoms with Gasteiger partial charge < -0.3 is 14.4 Å². The molecular weight excluding hydrogens is 384 g/mol. The van der Waals surface area contributed by atoms with Crippen LogP contribution < -0.4 is 5.32 Å². The zero-order valence-electron chi connectivity index (χ0n) is 18.3. The minimum absolute atomic E-state index is 0.101. The van der Waals surface area contributed by atoms with Gasteiger partial charge in [0.05, 0.1) is 25.7 Å². The van der Waals surface area contributed by atoms with E-state index in [0.29, 0.717) is 32.6 Å². The molecule has 2 rings (SSSR count). The molecule has 3 atom stereocenters. The van der Waals surface area contributed by atoms with E-state index in [1.807, 2.05) is 30.3 Å². The Morgan fingerprint density at radius 3 is 2.50 bits per heavy atom. The standard InChI is InChI=1S/C23H34N2O5/c1-4-29-21(26)16-19-12-9-15-25(19)22(27)17(3)24-20(23(28)30-5-2)14-13-18-10-7-6-8-11-18/h6-8,10-11,17,19-20,24H,4-5,9,12-16H2,1-3H3/t17-,19-,20-/m0/s1. The number of aryl methyl sites for hydroxylation is 1. The van der Waals surface area contributed by atoms with E-state index >= 15 is 0 Å². The third-order valence-corrected chi connectivity index (χ3v) is 5.33. The second-order valence-electron chi connectivity index (χ2n) is 7.55. The largest absolute Gasteiger partial charge is 0.466 e. The molecular formula is C23H34N2O5. The maximum Gasteiger partial charge on any atom is 0.323 e. The molecule has 1 N–H and O–H groups in total. The third kappa shape index (κ3) is 7.13. The summed E-state index contributed by atoms with van der Waals surface area (Å²) in [5, 5.41) is 3.17. The van der Waals surface area contributed by atoms with Gasteiger partial charge in [-0.15, -0.1) is 0 Å². The van der Waals surface area contributed by atoms with Crippen LogP contribution in [0.5, 0.6) is 0 Å². The maximum atomic E-state index is 13.0. The lowest BCUT2D eigenvalue weighted by Gasteiger charge is -2.29. The number of ether oxygens (including phenoxy) is 2. The molecule has 0 unspecified atom stereocenters. The molecule has 0 saturated carbocycles. The number of rotatable bonds is 11. The fourth-order valence-electron chi connectivity index (χ4n) is 3.84. The van der Waals surface area contributed by atoms with Crippen LogP contribution >= 0.6 is 0 Å². The van der Waals surface area contributed by atoms with Gasteiger partial charge in [-0.3, -0.25) is 19.7 Å². The Morgan fingerprint density at radius 2 is 1.83 bits per heavy atom. The lowest BCUT2D eigenvalue weighted by atomic mass is 10.0. The normalized spacial score (nSPS) is 18.0. The van der Waals surface area contributed by atoms with Crippen molar-refractivity contribution in [2.75, 3.05) is 19.8 Å². The van der Waals surface area contributed by atoms with Crippen LogP contribution in [0.15, 0.2) is 30.3 Å². The van der Waals surface area contributed by atoms with E-state index in [0.717, 1.165) is 18.4 Å². The van der Waals surface area contributed by atoms with Crippen molar-refractivity contribution in [2.45, 2.75) is 71.0 Å². The zero-order valence-corrected chi connectivity index (χ0v) is 18.3. The number of hydrogen-bond acceptors (Lipinski definition) is 6. The first-order valence-electron chi connectivity index (χ1n) is 10.9.